The van der Waals surface area contributed by atoms with Crippen LogP contribution in [0.25, 0.3) is 0 Å². The Morgan fingerprint density at radius 3 is 2.90 bits per heavy atom. The van der Waals surface area contributed by atoms with Gasteiger partial charge in [-0.25, -0.2) is 0 Å². The van der Waals surface area contributed by atoms with Gasteiger partial charge in [-0.05, 0) is 34.0 Å². The summed E-state index contributed by atoms with van der Waals surface area (Å²) in [6.07, 6.45) is 2.79. The summed E-state index contributed by atoms with van der Waals surface area (Å²) in [6.45, 7) is 3.66. The minimum Gasteiger partial charge on any atom is -0.133 e. The average molecular weight is 235 g/mol. The second-order valence-electron chi connectivity index (χ2n) is 1.87. The fourth-order valence-electron chi connectivity index (χ4n) is 0.688. The van der Waals surface area contributed by atoms with Crippen molar-refractivity contribution in [2.24, 2.45) is 0 Å². The molecule has 1 heterocycles. The highest BCUT2D eigenvalue weighted by atomic mass is 79.9. The topological polar surface area (TPSA) is 0 Å². The maximum atomic E-state index is 4.29. The number of allylic oxidation sites excluding steroid dienone is 1. The summed E-state index contributed by atoms with van der Waals surface area (Å²) in [5.74, 6) is 0. The number of hydrogen-bond acceptors (Lipinski definition) is 2. The van der Waals surface area contributed by atoms with E-state index in [0.717, 1.165) is 14.4 Å². The molecule has 0 radical (unpaired) electrons. The van der Waals surface area contributed by atoms with Crippen molar-refractivity contribution in [1.82, 2.24) is 0 Å². The summed E-state index contributed by atoms with van der Waals surface area (Å²) in [7, 11) is 0. The minimum absolute atomic E-state index is 0.904. The van der Waals surface area contributed by atoms with E-state index in [4.69, 9.17) is 0 Å². The second-order valence-corrected chi connectivity index (χ2v) is 5.05. The predicted octanol–water partition coefficient (Wildman–Crippen LogP) is 3.53. The number of thiol groups is 1. The van der Waals surface area contributed by atoms with Gasteiger partial charge in [0.1, 0.15) is 0 Å². The highest BCUT2D eigenvalue weighted by molar-refractivity contribution is 9.11. The Morgan fingerprint density at radius 1 is 1.80 bits per heavy atom. The molecule has 0 aromatic carbocycles. The molecular weight excluding hydrogens is 228 g/mol. The fourth-order valence-corrected chi connectivity index (χ4v) is 2.94. The van der Waals surface area contributed by atoms with Crippen molar-refractivity contribution >= 4 is 39.9 Å². The fraction of sp³-hybridized carbons (Fsp3) is 0.143. The van der Waals surface area contributed by atoms with Crippen molar-refractivity contribution < 1.29 is 0 Å². The smallest absolute Gasteiger partial charge is 0.0713 e. The molecule has 0 aliphatic rings. The Morgan fingerprint density at radius 2 is 2.50 bits per heavy atom. The van der Waals surface area contributed by atoms with Crippen LogP contribution in [0.1, 0.15) is 5.56 Å². The van der Waals surface area contributed by atoms with Gasteiger partial charge in [-0.15, -0.1) is 30.5 Å². The maximum Gasteiger partial charge on any atom is 0.0713 e. The largest absolute Gasteiger partial charge is 0.133 e. The molecule has 0 saturated heterocycles. The summed E-state index contributed by atoms with van der Waals surface area (Å²) in [4.78, 5) is 0. The zero-order valence-electron chi connectivity index (χ0n) is 5.30. The van der Waals surface area contributed by atoms with Gasteiger partial charge in [0.15, 0.2) is 0 Å². The van der Waals surface area contributed by atoms with Gasteiger partial charge < -0.3 is 0 Å². The zero-order valence-corrected chi connectivity index (χ0v) is 8.60. The van der Waals surface area contributed by atoms with Crippen molar-refractivity contribution in [2.75, 3.05) is 0 Å². The minimum atomic E-state index is 0.904. The van der Waals surface area contributed by atoms with Crippen molar-refractivity contribution in [3.8, 4) is 0 Å². The van der Waals surface area contributed by atoms with Crippen LogP contribution in [0, 0.1) is 0 Å². The third-order valence-corrected chi connectivity index (χ3v) is 3.16. The number of halogens is 1. The van der Waals surface area contributed by atoms with E-state index in [1.165, 1.54) is 5.56 Å². The number of hydrogen-bond donors (Lipinski definition) is 1. The molecule has 0 fully saturated rings. The van der Waals surface area contributed by atoms with Crippen LogP contribution in [0.5, 0.6) is 0 Å². The van der Waals surface area contributed by atoms with Crippen LogP contribution in [-0.4, -0.2) is 0 Å². The first-order chi connectivity index (χ1) is 4.74. The highest BCUT2D eigenvalue weighted by Gasteiger charge is 2.00. The van der Waals surface area contributed by atoms with E-state index in [-0.39, 0.29) is 0 Å². The first-order valence-corrected chi connectivity index (χ1v) is 4.87. The molecular formula is C7H7BrS2. The molecule has 3 heteroatoms. The quantitative estimate of drug-likeness (QED) is 0.588. The van der Waals surface area contributed by atoms with Gasteiger partial charge in [-0.3, -0.25) is 0 Å². The van der Waals surface area contributed by atoms with Crippen LogP contribution < -0.4 is 0 Å². The summed E-state index contributed by atoms with van der Waals surface area (Å²) in [5, 5.41) is 0. The molecule has 0 bridgehead atoms. The lowest BCUT2D eigenvalue weighted by Crippen LogP contribution is -1.73. The Balaban J connectivity index is 2.91. The predicted molar refractivity (Wildman–Crippen MR) is 53.2 cm³/mol. The molecule has 10 heavy (non-hydrogen) atoms. The molecule has 0 N–H and O–H groups in total. The summed E-state index contributed by atoms with van der Waals surface area (Å²) in [5.41, 5.74) is 1.25. The Hall–Kier alpha value is 0.270. The first-order valence-electron chi connectivity index (χ1n) is 2.82. The monoisotopic (exact) mass is 234 g/mol. The van der Waals surface area contributed by atoms with E-state index in [2.05, 4.69) is 41.2 Å². The van der Waals surface area contributed by atoms with Crippen molar-refractivity contribution in [1.29, 1.82) is 0 Å². The van der Waals surface area contributed by atoms with Gasteiger partial charge in [0.05, 0.1) is 8.00 Å². The molecule has 1 aromatic heterocycles. The van der Waals surface area contributed by atoms with Gasteiger partial charge in [0.25, 0.3) is 0 Å². The molecule has 0 spiro atoms. The Labute approximate surface area is 78.5 Å². The lowest BCUT2D eigenvalue weighted by Gasteiger charge is -1.88. The van der Waals surface area contributed by atoms with Crippen LogP contribution in [0.3, 0.4) is 0 Å². The molecule has 0 nitrogen and oxygen atoms in total. The third kappa shape index (κ3) is 1.87. The van der Waals surface area contributed by atoms with Gasteiger partial charge in [0, 0.05) is 0 Å². The molecule has 1 rings (SSSR count). The Bertz CT molecular complexity index is 240. The van der Waals surface area contributed by atoms with Gasteiger partial charge in [-0.1, -0.05) is 6.08 Å². The van der Waals surface area contributed by atoms with Gasteiger partial charge in [-0.2, -0.15) is 0 Å². The zero-order chi connectivity index (χ0) is 7.56. The molecule has 1 aromatic rings. The normalized spacial score (nSPS) is 9.80. The molecule has 0 amide bonds. The van der Waals surface area contributed by atoms with Gasteiger partial charge >= 0.3 is 0 Å². The summed E-state index contributed by atoms with van der Waals surface area (Å²) >= 11 is 9.32. The van der Waals surface area contributed by atoms with E-state index in [1.807, 2.05) is 6.08 Å². The second kappa shape index (κ2) is 3.60. The van der Waals surface area contributed by atoms with E-state index in [1.54, 1.807) is 11.3 Å². The number of thiophene rings is 1. The van der Waals surface area contributed by atoms with Crippen LogP contribution in [0.15, 0.2) is 26.7 Å². The average Bonchev–Trinajstić information content (AvgIpc) is 2.13. The van der Waals surface area contributed by atoms with E-state index >= 15 is 0 Å². The molecule has 54 valence electrons. The van der Waals surface area contributed by atoms with Crippen molar-refractivity contribution in [3.63, 3.8) is 0 Å². The molecule has 0 saturated carbocycles. The highest BCUT2D eigenvalue weighted by Crippen LogP contribution is 2.30. The maximum absolute atomic E-state index is 4.29. The van der Waals surface area contributed by atoms with E-state index in [9.17, 15) is 0 Å². The van der Waals surface area contributed by atoms with E-state index in [0.29, 0.717) is 0 Å². The molecule has 0 aliphatic carbocycles. The molecule has 0 unspecified atom stereocenters. The summed E-state index contributed by atoms with van der Waals surface area (Å²) < 4.78 is 2.21. The molecule has 0 aliphatic heterocycles. The van der Waals surface area contributed by atoms with Crippen LogP contribution in [-0.2, 0) is 6.42 Å². The summed E-state index contributed by atoms with van der Waals surface area (Å²) in [6, 6.07) is 2.08. The lowest BCUT2D eigenvalue weighted by molar-refractivity contribution is 1.25. The van der Waals surface area contributed by atoms with Crippen LogP contribution >= 0.6 is 39.9 Å². The first kappa shape index (κ1) is 8.37. The van der Waals surface area contributed by atoms with Crippen LogP contribution in [0.2, 0.25) is 0 Å². The van der Waals surface area contributed by atoms with Crippen LogP contribution in [0.4, 0.5) is 0 Å². The Kier molecular flexibility index (Phi) is 3.01. The standard InChI is InChI=1S/C7H7BrS2/c1-2-3-5-4-6(8)10-7(5)9/h2,4,9H,1,3H2. The lowest BCUT2D eigenvalue weighted by atomic mass is 10.2. The SMILES string of the molecule is C=CCc1cc(Br)sc1S. The van der Waals surface area contributed by atoms with E-state index < -0.39 is 0 Å². The number of rotatable bonds is 2. The van der Waals surface area contributed by atoms with Crippen molar-refractivity contribution in [3.05, 3.63) is 28.1 Å². The van der Waals surface area contributed by atoms with Gasteiger partial charge in [0.2, 0.25) is 0 Å². The third-order valence-electron chi connectivity index (χ3n) is 1.12. The molecule has 0 atom stereocenters. The van der Waals surface area contributed by atoms with Crippen molar-refractivity contribution in [2.45, 2.75) is 10.6 Å².